The van der Waals surface area contributed by atoms with Gasteiger partial charge in [0, 0.05) is 25.7 Å². The van der Waals surface area contributed by atoms with E-state index in [0.717, 1.165) is 37.1 Å². The van der Waals surface area contributed by atoms with E-state index in [-0.39, 0.29) is 18.0 Å². The minimum atomic E-state index is -0.740. The zero-order valence-electron chi connectivity index (χ0n) is 26.4. The first kappa shape index (κ1) is 31.4. The third-order valence-corrected chi connectivity index (χ3v) is 8.56. The van der Waals surface area contributed by atoms with E-state index in [2.05, 4.69) is 28.4 Å². The van der Waals surface area contributed by atoms with Crippen molar-refractivity contribution in [1.82, 2.24) is 15.1 Å². The lowest BCUT2D eigenvalue weighted by atomic mass is 9.71. The number of benzene rings is 3. The number of nitrogens with zero attached hydrogens (tertiary/aromatic N) is 2. The highest BCUT2D eigenvalue weighted by atomic mass is 16.6. The minimum absolute atomic E-state index is 0.104. The van der Waals surface area contributed by atoms with E-state index in [4.69, 9.17) is 14.2 Å². The highest BCUT2D eigenvalue weighted by molar-refractivity contribution is 5.89. The maximum Gasteiger partial charge on any atom is 0.410 e. The van der Waals surface area contributed by atoms with Crippen LogP contribution < -0.4 is 14.8 Å². The first-order valence-corrected chi connectivity index (χ1v) is 15.6. The van der Waals surface area contributed by atoms with E-state index in [9.17, 15) is 4.79 Å². The van der Waals surface area contributed by atoms with Crippen LogP contribution >= 0.6 is 0 Å². The van der Waals surface area contributed by atoms with Gasteiger partial charge in [0.1, 0.15) is 11.4 Å². The Morgan fingerprint density at radius 1 is 0.909 bits per heavy atom. The molecular weight excluding hydrogens is 554 g/mol. The van der Waals surface area contributed by atoms with E-state index < -0.39 is 11.0 Å². The number of likely N-dealkylation sites (tertiary alicyclic amines) is 1. The Morgan fingerprint density at radius 3 is 2.23 bits per heavy atom. The fraction of sp³-hybridized carbons (Fsp3) is 0.444. The molecule has 0 aromatic heterocycles. The van der Waals surface area contributed by atoms with E-state index in [0.29, 0.717) is 49.7 Å². The third-order valence-electron chi connectivity index (χ3n) is 8.56. The highest BCUT2D eigenvalue weighted by Crippen LogP contribution is 2.40. The Morgan fingerprint density at radius 2 is 1.57 bits per heavy atom. The lowest BCUT2D eigenvalue weighted by Crippen LogP contribution is -2.57. The predicted molar refractivity (Wildman–Crippen MR) is 171 cm³/mol. The molecule has 2 aliphatic rings. The number of hydrogen-bond donors (Lipinski definition) is 1. The van der Waals surface area contributed by atoms with Gasteiger partial charge >= 0.3 is 6.09 Å². The summed E-state index contributed by atoms with van der Waals surface area (Å²) >= 11 is 0. The van der Waals surface area contributed by atoms with Gasteiger partial charge in [0.15, 0.2) is 11.5 Å². The van der Waals surface area contributed by atoms with Gasteiger partial charge in [0.2, 0.25) is 5.91 Å². The summed E-state index contributed by atoms with van der Waals surface area (Å²) in [6.45, 7) is 8.75. The number of hydrogen-bond acceptors (Lipinski definition) is 6. The first-order valence-electron chi connectivity index (χ1n) is 15.6. The van der Waals surface area contributed by atoms with Gasteiger partial charge in [-0.2, -0.15) is 0 Å². The molecule has 2 heterocycles. The zero-order valence-corrected chi connectivity index (χ0v) is 26.4. The standard InChI is InChI=1S/C36H45N3O5/c1-35(2,3)44-34(41)38-23-19-36(20-24-38,28-12-6-5-7-13-28)33(40)39(29-17-21-37-22-18-29)26-27-11-10-14-30(25-27)43-32-16-9-8-15-31(32)42-4/h5-16,25,29,37H,17-24,26H2,1-4H3. The molecule has 2 amide bonds. The van der Waals surface area contributed by atoms with Crippen molar-refractivity contribution in [3.63, 3.8) is 0 Å². The van der Waals surface area contributed by atoms with Crippen molar-refractivity contribution in [2.24, 2.45) is 0 Å². The summed E-state index contributed by atoms with van der Waals surface area (Å²) < 4.78 is 17.4. The van der Waals surface area contributed by atoms with Crippen molar-refractivity contribution in [2.45, 2.75) is 70.1 Å². The summed E-state index contributed by atoms with van der Waals surface area (Å²) in [4.78, 5) is 31.8. The van der Waals surface area contributed by atoms with Gasteiger partial charge in [-0.05, 0) is 94.9 Å². The summed E-state index contributed by atoms with van der Waals surface area (Å²) in [7, 11) is 1.63. The number of para-hydroxylation sites is 2. The number of carbonyl (C=O) groups excluding carboxylic acids is 2. The fourth-order valence-corrected chi connectivity index (χ4v) is 6.27. The van der Waals surface area contributed by atoms with Crippen molar-refractivity contribution in [2.75, 3.05) is 33.3 Å². The summed E-state index contributed by atoms with van der Waals surface area (Å²) in [6.07, 6.45) is 2.52. The topological polar surface area (TPSA) is 80.3 Å². The predicted octanol–water partition coefficient (Wildman–Crippen LogP) is 6.54. The number of carbonyl (C=O) groups is 2. The Kier molecular flexibility index (Phi) is 9.79. The Labute approximate surface area is 261 Å². The van der Waals surface area contributed by atoms with Crippen LogP contribution in [-0.2, 0) is 21.5 Å². The van der Waals surface area contributed by atoms with Crippen LogP contribution in [0.25, 0.3) is 0 Å². The van der Waals surface area contributed by atoms with Crippen molar-refractivity contribution >= 4 is 12.0 Å². The second-order valence-electron chi connectivity index (χ2n) is 12.7. The molecular formula is C36H45N3O5. The molecule has 0 spiro atoms. The molecule has 0 radical (unpaired) electrons. The van der Waals surface area contributed by atoms with Crippen LogP contribution in [0.4, 0.5) is 4.79 Å². The van der Waals surface area contributed by atoms with Crippen molar-refractivity contribution < 1.29 is 23.8 Å². The van der Waals surface area contributed by atoms with Gasteiger partial charge in [-0.25, -0.2) is 4.79 Å². The first-order chi connectivity index (χ1) is 21.2. The molecule has 0 atom stereocenters. The number of rotatable bonds is 8. The van der Waals surface area contributed by atoms with E-state index in [1.807, 2.05) is 81.4 Å². The summed E-state index contributed by atoms with van der Waals surface area (Å²) in [5, 5.41) is 3.45. The maximum absolute atomic E-state index is 15.0. The average molecular weight is 600 g/mol. The molecule has 2 saturated heterocycles. The molecule has 3 aromatic carbocycles. The lowest BCUT2D eigenvalue weighted by Gasteiger charge is -2.46. The van der Waals surface area contributed by atoms with Gasteiger partial charge in [-0.1, -0.05) is 54.6 Å². The number of nitrogens with one attached hydrogen (secondary N) is 1. The van der Waals surface area contributed by atoms with Gasteiger partial charge in [0.25, 0.3) is 0 Å². The van der Waals surface area contributed by atoms with Crippen LogP contribution in [0.1, 0.15) is 57.6 Å². The van der Waals surface area contributed by atoms with Crippen molar-refractivity contribution in [1.29, 1.82) is 0 Å². The van der Waals surface area contributed by atoms with E-state index >= 15 is 4.79 Å². The largest absolute Gasteiger partial charge is 0.493 e. The molecule has 44 heavy (non-hydrogen) atoms. The molecule has 5 rings (SSSR count). The molecule has 2 aliphatic heterocycles. The smallest absolute Gasteiger partial charge is 0.410 e. The van der Waals surface area contributed by atoms with Gasteiger partial charge in [-0.15, -0.1) is 0 Å². The summed E-state index contributed by atoms with van der Waals surface area (Å²) in [5.74, 6) is 2.11. The van der Waals surface area contributed by atoms with Crippen molar-refractivity contribution in [3.05, 3.63) is 90.0 Å². The van der Waals surface area contributed by atoms with Crippen molar-refractivity contribution in [3.8, 4) is 17.2 Å². The molecule has 3 aromatic rings. The molecule has 0 aliphatic carbocycles. The van der Waals surface area contributed by atoms with E-state index in [1.54, 1.807) is 12.0 Å². The molecule has 8 nitrogen and oxygen atoms in total. The second kappa shape index (κ2) is 13.7. The second-order valence-corrected chi connectivity index (χ2v) is 12.7. The zero-order chi connectivity index (χ0) is 31.2. The number of ether oxygens (including phenoxy) is 3. The lowest BCUT2D eigenvalue weighted by molar-refractivity contribution is -0.143. The Balaban J connectivity index is 1.43. The van der Waals surface area contributed by atoms with Crippen LogP contribution in [0.5, 0.6) is 17.2 Å². The van der Waals surface area contributed by atoms with Crippen LogP contribution in [0.15, 0.2) is 78.9 Å². The monoisotopic (exact) mass is 599 g/mol. The summed E-state index contributed by atoms with van der Waals surface area (Å²) in [6, 6.07) is 25.7. The van der Waals surface area contributed by atoms with Gasteiger partial charge in [-0.3, -0.25) is 4.79 Å². The molecule has 0 bridgehead atoms. The van der Waals surface area contributed by atoms with Crippen LogP contribution in [0.2, 0.25) is 0 Å². The van der Waals surface area contributed by atoms with E-state index in [1.165, 1.54) is 0 Å². The van der Waals surface area contributed by atoms with Gasteiger partial charge < -0.3 is 29.3 Å². The average Bonchev–Trinajstić information content (AvgIpc) is 3.04. The Hall–Kier alpha value is -4.04. The number of methoxy groups -OCH3 is 1. The number of amides is 2. The van der Waals surface area contributed by atoms with Crippen LogP contribution in [0.3, 0.4) is 0 Å². The third kappa shape index (κ3) is 7.36. The molecule has 2 fully saturated rings. The molecule has 234 valence electrons. The quantitative estimate of drug-likeness (QED) is 0.317. The highest BCUT2D eigenvalue weighted by Gasteiger charge is 2.47. The maximum atomic E-state index is 15.0. The van der Waals surface area contributed by atoms with Crippen LogP contribution in [0, 0.1) is 0 Å². The van der Waals surface area contributed by atoms with Crippen LogP contribution in [-0.4, -0.2) is 66.7 Å². The molecule has 8 heteroatoms. The fourth-order valence-electron chi connectivity index (χ4n) is 6.27. The van der Waals surface area contributed by atoms with Gasteiger partial charge in [0.05, 0.1) is 12.5 Å². The normalized spacial score (nSPS) is 17.0. The Bertz CT molecular complexity index is 1410. The molecule has 0 unspecified atom stereocenters. The summed E-state index contributed by atoms with van der Waals surface area (Å²) in [5.41, 5.74) is 0.687. The minimum Gasteiger partial charge on any atom is -0.493 e. The molecule has 0 saturated carbocycles. The number of piperidine rings is 2. The molecule has 1 N–H and O–H groups in total. The SMILES string of the molecule is COc1ccccc1Oc1cccc(CN(C(=O)C2(c3ccccc3)CCN(C(=O)OC(C)(C)C)CC2)C2CCNCC2)c1.